The summed E-state index contributed by atoms with van der Waals surface area (Å²) in [6.45, 7) is 2.37. The molecule has 0 spiro atoms. The Hall–Kier alpha value is -0.850. The molecule has 1 nitrogen and oxygen atoms in total. The van der Waals surface area contributed by atoms with E-state index in [4.69, 9.17) is 0 Å². The van der Waals surface area contributed by atoms with Crippen LogP contribution in [-0.2, 0) is 4.79 Å². The molecule has 108 valence electrons. The van der Waals surface area contributed by atoms with Crippen LogP contribution < -0.4 is 0 Å². The molecule has 0 radical (unpaired) electrons. The Balaban J connectivity index is 1.60. The summed E-state index contributed by atoms with van der Waals surface area (Å²) in [6.07, 6.45) is 14.1. The van der Waals surface area contributed by atoms with Crippen molar-refractivity contribution in [3.8, 4) is 0 Å². The lowest BCUT2D eigenvalue weighted by molar-refractivity contribution is -0.110. The summed E-state index contributed by atoms with van der Waals surface area (Å²) in [5, 5.41) is 0. The van der Waals surface area contributed by atoms with Gasteiger partial charge in [-0.05, 0) is 82.0 Å². The molecule has 0 saturated heterocycles. The van der Waals surface area contributed by atoms with Gasteiger partial charge in [-0.25, -0.2) is 0 Å². The second-order valence-corrected chi connectivity index (χ2v) is 7.58. The smallest absolute Gasteiger partial charge is 0.126 e. The van der Waals surface area contributed by atoms with Gasteiger partial charge in [0.25, 0.3) is 0 Å². The van der Waals surface area contributed by atoms with E-state index in [1.54, 1.807) is 11.1 Å². The molecule has 0 bridgehead atoms. The third kappa shape index (κ3) is 1.85. The zero-order chi connectivity index (χ0) is 13.7. The minimum Gasteiger partial charge on any atom is -0.303 e. The quantitative estimate of drug-likeness (QED) is 0.499. The van der Waals surface area contributed by atoms with Crippen LogP contribution in [0.4, 0.5) is 0 Å². The molecule has 4 aliphatic rings. The highest BCUT2D eigenvalue weighted by molar-refractivity contribution is 5.57. The van der Waals surface area contributed by atoms with E-state index in [1.165, 1.54) is 44.9 Å². The molecule has 0 N–H and O–H groups in total. The standard InChI is InChI=1S/C19H26O/c1-12-2-5-17-15(12)8-9-18-16-6-3-13(11-20)10-14(16)4-7-19(17)18/h10-11,13,16-19H,2-9H2,1H3/t13?,16-,17+,18+,19-/m0/s1. The lowest BCUT2D eigenvalue weighted by Crippen LogP contribution is -2.39. The van der Waals surface area contributed by atoms with Crippen LogP contribution in [0.25, 0.3) is 0 Å². The molecule has 5 atom stereocenters. The Bertz CT molecular complexity index is 484. The van der Waals surface area contributed by atoms with Crippen LogP contribution >= 0.6 is 0 Å². The van der Waals surface area contributed by atoms with Crippen molar-refractivity contribution in [2.45, 2.75) is 58.3 Å². The zero-order valence-corrected chi connectivity index (χ0v) is 12.6. The summed E-state index contributed by atoms with van der Waals surface area (Å²) in [7, 11) is 0. The van der Waals surface area contributed by atoms with Gasteiger partial charge in [-0.1, -0.05) is 22.8 Å². The Morgan fingerprint density at radius 1 is 0.950 bits per heavy atom. The topological polar surface area (TPSA) is 17.1 Å². The van der Waals surface area contributed by atoms with Gasteiger partial charge in [-0.3, -0.25) is 0 Å². The maximum Gasteiger partial charge on any atom is 0.126 e. The monoisotopic (exact) mass is 270 g/mol. The van der Waals surface area contributed by atoms with Crippen LogP contribution in [0.5, 0.6) is 0 Å². The predicted octanol–water partition coefficient (Wildman–Crippen LogP) is 4.68. The summed E-state index contributed by atoms with van der Waals surface area (Å²) in [4.78, 5) is 11.1. The summed E-state index contributed by atoms with van der Waals surface area (Å²) >= 11 is 0. The maximum atomic E-state index is 11.1. The number of fused-ring (bicyclic) bond motifs is 5. The van der Waals surface area contributed by atoms with Crippen molar-refractivity contribution in [1.82, 2.24) is 0 Å². The Morgan fingerprint density at radius 2 is 1.75 bits per heavy atom. The average Bonchev–Trinajstić information content (AvgIpc) is 2.88. The van der Waals surface area contributed by atoms with Gasteiger partial charge < -0.3 is 4.79 Å². The van der Waals surface area contributed by atoms with E-state index in [0.29, 0.717) is 0 Å². The molecular formula is C19H26O. The van der Waals surface area contributed by atoms with Gasteiger partial charge in [0.15, 0.2) is 0 Å². The minimum atomic E-state index is 0.227. The Morgan fingerprint density at radius 3 is 2.60 bits per heavy atom. The largest absolute Gasteiger partial charge is 0.303 e. The molecule has 0 amide bonds. The number of hydrogen-bond acceptors (Lipinski definition) is 1. The molecule has 20 heavy (non-hydrogen) atoms. The number of hydrogen-bond donors (Lipinski definition) is 0. The summed E-state index contributed by atoms with van der Waals surface area (Å²) < 4.78 is 0. The lowest BCUT2D eigenvalue weighted by atomic mass is 9.56. The van der Waals surface area contributed by atoms with Gasteiger partial charge in [0.05, 0.1) is 0 Å². The number of rotatable bonds is 1. The van der Waals surface area contributed by atoms with Crippen molar-refractivity contribution in [1.29, 1.82) is 0 Å². The SMILES string of the molecule is CC1=C2CC[C@H]3[C@@H](CCC4=CC(C=O)CC[C@@H]43)[C@@H]2CC1. The summed E-state index contributed by atoms with van der Waals surface area (Å²) in [5.74, 6) is 3.88. The molecule has 1 heteroatoms. The number of carbonyl (C=O) groups excluding carboxylic acids is 1. The predicted molar refractivity (Wildman–Crippen MR) is 81.2 cm³/mol. The summed E-state index contributed by atoms with van der Waals surface area (Å²) in [6, 6.07) is 0. The molecule has 1 unspecified atom stereocenters. The van der Waals surface area contributed by atoms with Gasteiger partial charge in [0, 0.05) is 5.92 Å². The third-order valence-electron chi connectivity index (χ3n) is 6.81. The summed E-state index contributed by atoms with van der Waals surface area (Å²) in [5.41, 5.74) is 5.22. The number of aldehydes is 1. The van der Waals surface area contributed by atoms with Crippen molar-refractivity contribution < 1.29 is 4.79 Å². The Labute approximate surface area is 122 Å². The highest BCUT2D eigenvalue weighted by atomic mass is 16.1. The fraction of sp³-hybridized carbons (Fsp3) is 0.737. The van der Waals surface area contributed by atoms with E-state index in [2.05, 4.69) is 13.0 Å². The van der Waals surface area contributed by atoms with Crippen LogP contribution in [0.15, 0.2) is 22.8 Å². The highest BCUT2D eigenvalue weighted by Crippen LogP contribution is 2.56. The van der Waals surface area contributed by atoms with Crippen LogP contribution in [0.1, 0.15) is 58.3 Å². The van der Waals surface area contributed by atoms with Crippen LogP contribution in [0.2, 0.25) is 0 Å². The van der Waals surface area contributed by atoms with Crippen molar-refractivity contribution in [2.75, 3.05) is 0 Å². The van der Waals surface area contributed by atoms with Crippen LogP contribution in [-0.4, -0.2) is 6.29 Å². The van der Waals surface area contributed by atoms with Crippen molar-refractivity contribution >= 4 is 6.29 Å². The normalized spacial score (nSPS) is 43.5. The molecule has 0 heterocycles. The Kier molecular flexibility index (Phi) is 3.12. The number of carbonyl (C=O) groups is 1. The van der Waals surface area contributed by atoms with Gasteiger partial charge in [-0.15, -0.1) is 0 Å². The molecule has 4 rings (SSSR count). The molecule has 0 aromatic carbocycles. The molecular weight excluding hydrogens is 244 g/mol. The van der Waals surface area contributed by atoms with E-state index in [9.17, 15) is 4.79 Å². The average molecular weight is 270 g/mol. The van der Waals surface area contributed by atoms with E-state index in [0.717, 1.165) is 36.4 Å². The van der Waals surface area contributed by atoms with Crippen molar-refractivity contribution in [3.63, 3.8) is 0 Å². The van der Waals surface area contributed by atoms with Gasteiger partial charge in [-0.2, -0.15) is 0 Å². The second kappa shape index (κ2) is 4.86. The third-order valence-corrected chi connectivity index (χ3v) is 6.81. The molecule has 0 aromatic heterocycles. The van der Waals surface area contributed by atoms with Crippen molar-refractivity contribution in [2.24, 2.45) is 29.6 Å². The van der Waals surface area contributed by atoms with E-state index in [1.807, 2.05) is 5.57 Å². The molecule has 2 fully saturated rings. The first-order valence-electron chi connectivity index (χ1n) is 8.62. The van der Waals surface area contributed by atoms with E-state index >= 15 is 0 Å². The highest BCUT2D eigenvalue weighted by Gasteiger charge is 2.45. The van der Waals surface area contributed by atoms with Crippen LogP contribution in [0.3, 0.4) is 0 Å². The lowest BCUT2D eigenvalue weighted by Gasteiger charge is -2.48. The van der Waals surface area contributed by atoms with Gasteiger partial charge in [0.2, 0.25) is 0 Å². The fourth-order valence-electron chi connectivity index (χ4n) is 5.88. The number of allylic oxidation sites excluding steroid dienone is 4. The molecule has 2 saturated carbocycles. The molecule has 0 aromatic rings. The second-order valence-electron chi connectivity index (χ2n) is 7.58. The first-order chi connectivity index (χ1) is 9.78. The first-order valence-corrected chi connectivity index (χ1v) is 8.62. The van der Waals surface area contributed by atoms with Gasteiger partial charge >= 0.3 is 0 Å². The minimum absolute atomic E-state index is 0.227. The maximum absolute atomic E-state index is 11.1. The van der Waals surface area contributed by atoms with E-state index < -0.39 is 0 Å². The zero-order valence-electron chi connectivity index (χ0n) is 12.6. The fourth-order valence-corrected chi connectivity index (χ4v) is 5.88. The van der Waals surface area contributed by atoms with Crippen LogP contribution in [0, 0.1) is 29.6 Å². The molecule has 0 aliphatic heterocycles. The molecule has 4 aliphatic carbocycles. The van der Waals surface area contributed by atoms with E-state index in [-0.39, 0.29) is 5.92 Å². The first kappa shape index (κ1) is 12.9. The van der Waals surface area contributed by atoms with Crippen molar-refractivity contribution in [3.05, 3.63) is 22.8 Å². The van der Waals surface area contributed by atoms with Gasteiger partial charge in [0.1, 0.15) is 6.29 Å².